The van der Waals surface area contributed by atoms with E-state index in [1.165, 1.54) is 21.3 Å². The van der Waals surface area contributed by atoms with Gasteiger partial charge in [0.1, 0.15) is 0 Å². The molecule has 0 heterocycles. The van der Waals surface area contributed by atoms with Crippen LogP contribution in [0.25, 0.3) is 0 Å². The predicted molar refractivity (Wildman–Crippen MR) is 83.6 cm³/mol. The molecule has 3 unspecified atom stereocenters. The smallest absolute Gasteiger partial charge is 0.156 e. The SMILES string of the molecule is COC(O)C(C)C.COC(O)C(C)C.COC(O)C(C)C.[Dy]. The van der Waals surface area contributed by atoms with Gasteiger partial charge in [-0.1, -0.05) is 41.5 Å². The average molecular weight is 475 g/mol. The maximum Gasteiger partial charge on any atom is 0.156 e. The summed E-state index contributed by atoms with van der Waals surface area (Å²) in [5.41, 5.74) is 0. The molecule has 6 nitrogen and oxygen atoms in total. The molecule has 0 aliphatic rings. The Morgan fingerprint density at radius 3 is 0.636 bits per heavy atom. The van der Waals surface area contributed by atoms with Gasteiger partial charge in [-0.3, -0.25) is 0 Å². The van der Waals surface area contributed by atoms with E-state index in [4.69, 9.17) is 15.3 Å². The van der Waals surface area contributed by atoms with Crippen LogP contribution in [0.2, 0.25) is 0 Å². The molecule has 0 bridgehead atoms. The van der Waals surface area contributed by atoms with Crippen LogP contribution in [0.15, 0.2) is 0 Å². The minimum atomic E-state index is -0.597. The molecule has 0 fully saturated rings. The minimum Gasteiger partial charge on any atom is -0.368 e. The Balaban J connectivity index is -0.000000108. The third-order valence-corrected chi connectivity index (χ3v) is 2.44. The second kappa shape index (κ2) is 20.1. The van der Waals surface area contributed by atoms with E-state index in [0.717, 1.165) is 0 Å². The van der Waals surface area contributed by atoms with Crippen molar-refractivity contribution in [3.8, 4) is 0 Å². The third kappa shape index (κ3) is 23.3. The summed E-state index contributed by atoms with van der Waals surface area (Å²) in [4.78, 5) is 0. The molecule has 0 aromatic heterocycles. The van der Waals surface area contributed by atoms with Crippen molar-refractivity contribution in [2.75, 3.05) is 21.3 Å². The Bertz CT molecular complexity index is 169. The number of methoxy groups -OCH3 is 3. The molecule has 0 aliphatic carbocycles. The summed E-state index contributed by atoms with van der Waals surface area (Å²) >= 11 is 0. The Hall–Kier alpha value is 1.03. The quantitative estimate of drug-likeness (QED) is 0.509. The number of ether oxygens (including phenoxy) is 3. The summed E-state index contributed by atoms with van der Waals surface area (Å²) in [6.07, 6.45) is -1.79. The molecule has 0 aromatic carbocycles. The van der Waals surface area contributed by atoms with Gasteiger partial charge in [-0.05, 0) is 0 Å². The second-order valence-corrected chi connectivity index (χ2v) is 5.61. The number of aliphatic hydroxyl groups is 3. The van der Waals surface area contributed by atoms with E-state index >= 15 is 0 Å². The number of hydrogen-bond donors (Lipinski definition) is 3. The Kier molecular flexibility index (Phi) is 28.2. The fourth-order valence-electron chi connectivity index (χ4n) is 0.816. The molecular formula is C15H36DyO6. The summed E-state index contributed by atoms with van der Waals surface area (Å²) in [5, 5.41) is 26.1. The van der Waals surface area contributed by atoms with E-state index in [-0.39, 0.29) is 55.9 Å². The van der Waals surface area contributed by atoms with Gasteiger partial charge in [-0.2, -0.15) is 0 Å². The maximum atomic E-state index is 8.71. The van der Waals surface area contributed by atoms with Crippen LogP contribution in [0.4, 0.5) is 0 Å². The molecule has 0 aromatic rings. The number of aliphatic hydroxyl groups excluding tert-OH is 3. The summed E-state index contributed by atoms with van der Waals surface area (Å²) in [6, 6.07) is 0. The van der Waals surface area contributed by atoms with E-state index in [2.05, 4.69) is 14.2 Å². The molecule has 0 radical (unpaired) electrons. The zero-order valence-electron chi connectivity index (χ0n) is 15.3. The summed E-state index contributed by atoms with van der Waals surface area (Å²) < 4.78 is 13.7. The van der Waals surface area contributed by atoms with Crippen molar-refractivity contribution < 1.29 is 67.7 Å². The van der Waals surface area contributed by atoms with E-state index < -0.39 is 18.9 Å². The van der Waals surface area contributed by atoms with Crippen molar-refractivity contribution >= 4 is 0 Å². The molecule has 0 saturated heterocycles. The zero-order valence-corrected chi connectivity index (χ0v) is 17.4. The third-order valence-electron chi connectivity index (χ3n) is 2.44. The van der Waals surface area contributed by atoms with E-state index in [1.807, 2.05) is 41.5 Å². The summed E-state index contributed by atoms with van der Waals surface area (Å²) in [6.45, 7) is 11.4. The van der Waals surface area contributed by atoms with Gasteiger partial charge in [0.15, 0.2) is 18.9 Å². The van der Waals surface area contributed by atoms with Gasteiger partial charge < -0.3 is 29.5 Å². The maximum absolute atomic E-state index is 8.71. The molecule has 3 N–H and O–H groups in total. The predicted octanol–water partition coefficient (Wildman–Crippen LogP) is 1.82. The number of rotatable bonds is 6. The molecule has 0 saturated carbocycles. The van der Waals surface area contributed by atoms with Crippen molar-refractivity contribution in [1.82, 2.24) is 0 Å². The van der Waals surface area contributed by atoms with Crippen LogP contribution >= 0.6 is 0 Å². The largest absolute Gasteiger partial charge is 0.368 e. The first-order chi connectivity index (χ1) is 9.54. The van der Waals surface area contributed by atoms with Gasteiger partial charge in [-0.25, -0.2) is 0 Å². The van der Waals surface area contributed by atoms with Crippen LogP contribution in [-0.4, -0.2) is 55.5 Å². The Labute approximate surface area is 166 Å². The van der Waals surface area contributed by atoms with Crippen molar-refractivity contribution in [2.24, 2.45) is 17.8 Å². The van der Waals surface area contributed by atoms with E-state index in [1.54, 1.807) is 0 Å². The minimum absolute atomic E-state index is 0. The van der Waals surface area contributed by atoms with Gasteiger partial charge in [0.2, 0.25) is 0 Å². The standard InChI is InChI=1S/3C5H12O2.Dy/c3*1-4(2)5(6)7-3;/h3*4-6H,1-3H3;. The van der Waals surface area contributed by atoms with Gasteiger partial charge >= 0.3 is 0 Å². The Morgan fingerprint density at radius 1 is 0.500 bits per heavy atom. The first-order valence-electron chi connectivity index (χ1n) is 7.17. The monoisotopic (exact) mass is 476 g/mol. The van der Waals surface area contributed by atoms with Gasteiger partial charge in [0, 0.05) is 77.3 Å². The number of hydrogen-bond acceptors (Lipinski definition) is 6. The first-order valence-corrected chi connectivity index (χ1v) is 7.17. The van der Waals surface area contributed by atoms with Crippen LogP contribution in [0.5, 0.6) is 0 Å². The molecule has 0 rings (SSSR count). The van der Waals surface area contributed by atoms with E-state index in [0.29, 0.717) is 0 Å². The Morgan fingerprint density at radius 2 is 0.636 bits per heavy atom. The van der Waals surface area contributed by atoms with Gasteiger partial charge in [0.25, 0.3) is 0 Å². The molecule has 0 aliphatic heterocycles. The van der Waals surface area contributed by atoms with Crippen LogP contribution < -0.4 is 0 Å². The van der Waals surface area contributed by atoms with Crippen molar-refractivity contribution in [1.29, 1.82) is 0 Å². The first kappa shape index (κ1) is 30.9. The van der Waals surface area contributed by atoms with Crippen LogP contribution in [0, 0.1) is 55.9 Å². The van der Waals surface area contributed by atoms with Crippen LogP contribution in [0.3, 0.4) is 0 Å². The summed E-state index contributed by atoms with van der Waals surface area (Å²) in [7, 11) is 4.47. The zero-order chi connectivity index (χ0) is 17.6. The van der Waals surface area contributed by atoms with Crippen LogP contribution in [-0.2, 0) is 14.2 Å². The van der Waals surface area contributed by atoms with Crippen molar-refractivity contribution in [3.63, 3.8) is 0 Å². The van der Waals surface area contributed by atoms with Crippen molar-refractivity contribution in [2.45, 2.75) is 60.4 Å². The van der Waals surface area contributed by atoms with Gasteiger partial charge in [-0.15, -0.1) is 0 Å². The summed E-state index contributed by atoms with van der Waals surface area (Å²) in [5.74, 6) is 0.597. The second-order valence-electron chi connectivity index (χ2n) is 5.61. The molecule has 22 heavy (non-hydrogen) atoms. The topological polar surface area (TPSA) is 88.4 Å². The normalized spacial score (nSPS) is 14.3. The molecule has 0 amide bonds. The average Bonchev–Trinajstić information content (AvgIpc) is 2.45. The fourth-order valence-corrected chi connectivity index (χ4v) is 0.816. The van der Waals surface area contributed by atoms with Crippen molar-refractivity contribution in [3.05, 3.63) is 0 Å². The van der Waals surface area contributed by atoms with Crippen LogP contribution in [0.1, 0.15) is 41.5 Å². The molecule has 142 valence electrons. The van der Waals surface area contributed by atoms with Gasteiger partial charge in [0.05, 0.1) is 0 Å². The van der Waals surface area contributed by atoms with E-state index in [9.17, 15) is 0 Å². The molecule has 0 spiro atoms. The molecular weight excluding hydrogens is 439 g/mol. The molecule has 7 heteroatoms. The fraction of sp³-hybridized carbons (Fsp3) is 1.00. The molecule has 3 atom stereocenters.